The molecule has 0 N–H and O–H groups in total. The fourth-order valence-corrected chi connectivity index (χ4v) is 6.72. The van der Waals surface area contributed by atoms with Gasteiger partial charge in [-0.2, -0.15) is 18.3 Å². The van der Waals surface area contributed by atoms with Crippen LogP contribution in [0.3, 0.4) is 0 Å². The Kier molecular flexibility index (Phi) is 7.11. The molecular weight excluding hydrogens is 605 g/mol. The van der Waals surface area contributed by atoms with Crippen molar-refractivity contribution in [1.82, 2.24) is 28.6 Å². The van der Waals surface area contributed by atoms with E-state index in [1.165, 1.54) is 17.4 Å². The number of aryl methyl sites for hydroxylation is 1. The molecule has 1 fully saturated rings. The quantitative estimate of drug-likeness (QED) is 0.222. The predicted molar refractivity (Wildman–Crippen MR) is 164 cm³/mol. The summed E-state index contributed by atoms with van der Waals surface area (Å²) in [6.07, 6.45) is 5.11. The van der Waals surface area contributed by atoms with Gasteiger partial charge in [-0.15, -0.1) is 0 Å². The number of carbonyl (C=O) groups excluding carboxylic acids is 1. The van der Waals surface area contributed by atoms with Gasteiger partial charge in [0.15, 0.2) is 0 Å². The molecule has 0 unspecified atom stereocenters. The van der Waals surface area contributed by atoms with Crippen LogP contribution in [0.2, 0.25) is 5.02 Å². The van der Waals surface area contributed by atoms with Crippen LogP contribution in [0.4, 0.5) is 13.2 Å². The monoisotopic (exact) mass is 634 g/mol. The van der Waals surface area contributed by atoms with E-state index in [4.69, 9.17) is 16.7 Å². The van der Waals surface area contributed by atoms with E-state index in [1.54, 1.807) is 28.4 Å². The number of rotatable bonds is 5. The van der Waals surface area contributed by atoms with Crippen molar-refractivity contribution in [3.8, 4) is 17.1 Å². The van der Waals surface area contributed by atoms with E-state index >= 15 is 0 Å². The Morgan fingerprint density at radius 3 is 2.51 bits per heavy atom. The number of alkyl halides is 3. The Morgan fingerprint density at radius 1 is 1.11 bits per heavy atom. The van der Waals surface area contributed by atoms with Crippen molar-refractivity contribution in [3.63, 3.8) is 0 Å². The Labute approximate surface area is 261 Å². The molecule has 1 aliphatic heterocycles. The second-order valence-electron chi connectivity index (χ2n) is 12.1. The molecule has 2 aromatic carbocycles. The molecule has 0 bridgehead atoms. The molecule has 1 saturated carbocycles. The maximum Gasteiger partial charge on any atom is 0.417 e. The maximum atomic E-state index is 14.4. The van der Waals surface area contributed by atoms with E-state index < -0.39 is 28.7 Å². The number of hydrogen-bond acceptors (Lipinski definition) is 4. The number of fused-ring (bicyclic) bond motifs is 3. The fraction of sp³-hybridized carbons (Fsp3) is 0.333. The number of halogens is 4. The van der Waals surface area contributed by atoms with E-state index in [0.717, 1.165) is 48.3 Å². The highest BCUT2D eigenvalue weighted by molar-refractivity contribution is 6.31. The van der Waals surface area contributed by atoms with Crippen LogP contribution in [-0.2, 0) is 32.6 Å². The lowest BCUT2D eigenvalue weighted by atomic mass is 9.81. The normalized spacial score (nSPS) is 17.0. The summed E-state index contributed by atoms with van der Waals surface area (Å²) in [7, 11) is 1.92. The largest absolute Gasteiger partial charge is 0.417 e. The summed E-state index contributed by atoms with van der Waals surface area (Å²) in [5, 5.41) is 4.26. The van der Waals surface area contributed by atoms with Crippen molar-refractivity contribution in [1.29, 1.82) is 0 Å². The van der Waals surface area contributed by atoms with Crippen LogP contribution < -0.4 is 5.56 Å². The van der Waals surface area contributed by atoms with Crippen LogP contribution in [-0.4, -0.2) is 40.6 Å². The molecule has 0 saturated heterocycles. The summed E-state index contributed by atoms with van der Waals surface area (Å²) in [5.74, 6) is 0.745. The molecule has 8 nitrogen and oxygen atoms in total. The van der Waals surface area contributed by atoms with E-state index in [2.05, 4.69) is 4.98 Å². The van der Waals surface area contributed by atoms with Crippen molar-refractivity contribution in [2.45, 2.75) is 57.8 Å². The number of benzene rings is 2. The zero-order valence-electron chi connectivity index (χ0n) is 24.7. The highest BCUT2D eigenvalue weighted by Gasteiger charge is 2.37. The van der Waals surface area contributed by atoms with Gasteiger partial charge in [0.2, 0.25) is 0 Å². The summed E-state index contributed by atoms with van der Waals surface area (Å²) in [6.45, 7) is 1.82. The van der Waals surface area contributed by atoms with Crippen LogP contribution >= 0.6 is 11.6 Å². The average molecular weight is 635 g/mol. The van der Waals surface area contributed by atoms with Crippen LogP contribution in [0, 0.1) is 5.92 Å². The second-order valence-corrected chi connectivity index (χ2v) is 12.5. The molecule has 5 aromatic rings. The molecule has 45 heavy (non-hydrogen) atoms. The number of aromatic nitrogens is 5. The molecule has 0 radical (unpaired) electrons. The third-order valence-electron chi connectivity index (χ3n) is 9.16. The summed E-state index contributed by atoms with van der Waals surface area (Å²) < 4.78 is 46.1. The summed E-state index contributed by atoms with van der Waals surface area (Å²) >= 11 is 5.81. The number of imidazole rings is 1. The zero-order chi connectivity index (χ0) is 31.6. The number of hydrogen-bond donors (Lipinski definition) is 0. The van der Waals surface area contributed by atoms with Crippen LogP contribution in [0.1, 0.15) is 58.9 Å². The lowest BCUT2D eigenvalue weighted by Gasteiger charge is -2.35. The van der Waals surface area contributed by atoms with E-state index in [0.29, 0.717) is 28.5 Å². The van der Waals surface area contributed by atoms with Crippen LogP contribution in [0.15, 0.2) is 65.8 Å². The number of amides is 1. The molecule has 1 amide bonds. The smallest absolute Gasteiger partial charge is 0.334 e. The van der Waals surface area contributed by atoms with Crippen molar-refractivity contribution in [3.05, 3.63) is 104 Å². The first-order valence-electron chi connectivity index (χ1n) is 14.9. The molecule has 12 heteroatoms. The summed E-state index contributed by atoms with van der Waals surface area (Å²) in [5.41, 5.74) is 2.90. The minimum absolute atomic E-state index is 0.0224. The predicted octanol–water partition coefficient (Wildman–Crippen LogP) is 6.49. The lowest BCUT2D eigenvalue weighted by Crippen LogP contribution is -2.46. The first kappa shape index (κ1) is 29.3. The highest BCUT2D eigenvalue weighted by atomic mass is 35.5. The van der Waals surface area contributed by atoms with Crippen LogP contribution in [0.25, 0.3) is 22.7 Å². The lowest BCUT2D eigenvalue weighted by molar-refractivity contribution is -0.137. The third kappa shape index (κ3) is 5.03. The SMILES string of the molecule is C[C@@H]1Cc2c(n3ncc(CC4CCC4)c3n(-c3ccc(-c4nccn4C)cc3)c2=O)CN1C(=O)c1ccc(Cl)c(C(F)(F)F)c1. The maximum absolute atomic E-state index is 14.4. The molecular formula is C33H30ClF3N6O2. The summed E-state index contributed by atoms with van der Waals surface area (Å²) in [6, 6.07) is 10.4. The minimum Gasteiger partial charge on any atom is -0.334 e. The standard InChI is InChI=1S/C33H30ClF3N6O2/c1-19-14-25-28(18-41(19)31(44)22-8-11-27(34)26(16-22)33(35,36)37)43-30(23(17-39-43)15-20-4-3-5-20)42(32(25)45)24-9-6-21(7-10-24)29-38-12-13-40(29)2/h6-13,16-17,19-20H,3-5,14-15,18H2,1-2H3/t19-/m1/s1. The van der Waals surface area contributed by atoms with Crippen LogP contribution in [0.5, 0.6) is 0 Å². The Balaban J connectivity index is 1.33. The van der Waals surface area contributed by atoms with Crippen molar-refractivity contribution < 1.29 is 18.0 Å². The van der Waals surface area contributed by atoms with Gasteiger partial charge in [0, 0.05) is 47.7 Å². The second kappa shape index (κ2) is 10.9. The van der Waals surface area contributed by atoms with E-state index in [9.17, 15) is 22.8 Å². The van der Waals surface area contributed by atoms with E-state index in [-0.39, 0.29) is 24.1 Å². The van der Waals surface area contributed by atoms with Gasteiger partial charge in [0.25, 0.3) is 11.5 Å². The van der Waals surface area contributed by atoms with Crippen molar-refractivity contribution in [2.75, 3.05) is 0 Å². The average Bonchev–Trinajstić information content (AvgIpc) is 3.61. The topological polar surface area (TPSA) is 77.4 Å². The van der Waals surface area contributed by atoms with Gasteiger partial charge >= 0.3 is 6.18 Å². The van der Waals surface area contributed by atoms with Crippen molar-refractivity contribution >= 4 is 23.2 Å². The van der Waals surface area contributed by atoms with Gasteiger partial charge in [0.1, 0.15) is 11.5 Å². The Morgan fingerprint density at radius 2 is 1.87 bits per heavy atom. The third-order valence-corrected chi connectivity index (χ3v) is 9.49. The zero-order valence-corrected chi connectivity index (χ0v) is 25.4. The molecule has 1 atom stereocenters. The fourth-order valence-electron chi connectivity index (χ4n) is 6.49. The molecule has 2 aliphatic rings. The Bertz CT molecular complexity index is 2010. The molecule has 7 rings (SSSR count). The first-order chi connectivity index (χ1) is 21.5. The molecule has 0 spiro atoms. The molecule has 3 aromatic heterocycles. The first-order valence-corrected chi connectivity index (χ1v) is 15.3. The molecule has 1 aliphatic carbocycles. The number of nitrogens with zero attached hydrogens (tertiary/aromatic N) is 6. The van der Waals surface area contributed by atoms with Gasteiger partial charge in [-0.3, -0.25) is 14.2 Å². The highest BCUT2D eigenvalue weighted by Crippen LogP contribution is 2.36. The van der Waals surface area contributed by atoms with E-state index in [1.807, 2.05) is 42.1 Å². The van der Waals surface area contributed by atoms with Gasteiger partial charge in [-0.1, -0.05) is 30.9 Å². The van der Waals surface area contributed by atoms with Gasteiger partial charge in [0.05, 0.1) is 34.7 Å². The van der Waals surface area contributed by atoms with Gasteiger partial charge in [-0.05, 0) is 68.1 Å². The minimum atomic E-state index is -4.70. The Hall–Kier alpha value is -4.38. The van der Waals surface area contributed by atoms with Gasteiger partial charge in [-0.25, -0.2) is 9.50 Å². The summed E-state index contributed by atoms with van der Waals surface area (Å²) in [4.78, 5) is 34.0. The molecule has 4 heterocycles. The molecule has 232 valence electrons. The number of carbonyl (C=O) groups is 1. The van der Waals surface area contributed by atoms with Crippen molar-refractivity contribution in [2.24, 2.45) is 13.0 Å². The van der Waals surface area contributed by atoms with Gasteiger partial charge < -0.3 is 9.47 Å².